The minimum absolute atomic E-state index is 0. The fourth-order valence-electron chi connectivity index (χ4n) is 3.35. The number of nitrogens with zero attached hydrogens (tertiary/aromatic N) is 2. The van der Waals surface area contributed by atoms with Gasteiger partial charge in [0.25, 0.3) is 0 Å². The van der Waals surface area contributed by atoms with Crippen molar-refractivity contribution in [3.05, 3.63) is 59.2 Å². The lowest BCUT2D eigenvalue weighted by atomic mass is 10.1. The number of ether oxygens (including phenoxy) is 1. The van der Waals surface area contributed by atoms with Crippen LogP contribution in [0.2, 0.25) is 0 Å². The predicted octanol–water partition coefficient (Wildman–Crippen LogP) is 3.61. The van der Waals surface area contributed by atoms with Crippen LogP contribution in [-0.4, -0.2) is 32.6 Å². The summed E-state index contributed by atoms with van der Waals surface area (Å²) in [5, 5.41) is 6.65. The molecule has 2 N–H and O–H groups in total. The maximum atomic E-state index is 11.8. The second-order valence-electron chi connectivity index (χ2n) is 6.95. The van der Waals surface area contributed by atoms with Gasteiger partial charge >= 0.3 is 0 Å². The number of guanidine groups is 1. The van der Waals surface area contributed by atoms with Gasteiger partial charge in [0.15, 0.2) is 5.96 Å². The van der Waals surface area contributed by atoms with Crippen LogP contribution in [0.15, 0.2) is 47.5 Å². The Morgan fingerprint density at radius 3 is 2.38 bits per heavy atom. The minimum Gasteiger partial charge on any atom is -0.497 e. The first kappa shape index (κ1) is 23.0. The number of halogens is 1. The third kappa shape index (κ3) is 6.35. The molecule has 1 heterocycles. The Morgan fingerprint density at radius 2 is 1.79 bits per heavy atom. The van der Waals surface area contributed by atoms with Gasteiger partial charge in [0.05, 0.1) is 7.11 Å². The van der Waals surface area contributed by atoms with Crippen molar-refractivity contribution in [3.63, 3.8) is 0 Å². The number of carbonyl (C=O) groups excluding carboxylic acids is 1. The molecule has 2 aromatic rings. The molecule has 3 rings (SSSR count). The van der Waals surface area contributed by atoms with E-state index in [1.165, 1.54) is 0 Å². The molecule has 1 aliphatic heterocycles. The number of carbonyl (C=O) groups is 1. The van der Waals surface area contributed by atoms with Crippen molar-refractivity contribution in [2.24, 2.45) is 4.99 Å². The maximum absolute atomic E-state index is 11.8. The summed E-state index contributed by atoms with van der Waals surface area (Å²) in [5.41, 5.74) is 4.41. The number of hydrogen-bond acceptors (Lipinski definition) is 3. The van der Waals surface area contributed by atoms with Crippen LogP contribution in [-0.2, 0) is 17.9 Å². The summed E-state index contributed by atoms with van der Waals surface area (Å²) < 4.78 is 5.33. The molecular formula is C22H29IN4O2. The average Bonchev–Trinajstić information content (AvgIpc) is 3.14. The largest absolute Gasteiger partial charge is 0.497 e. The molecule has 0 aromatic heterocycles. The van der Waals surface area contributed by atoms with E-state index in [-0.39, 0.29) is 29.9 Å². The summed E-state index contributed by atoms with van der Waals surface area (Å²) in [6.45, 7) is 4.19. The first-order chi connectivity index (χ1) is 13.6. The third-order valence-corrected chi connectivity index (χ3v) is 4.81. The number of nitrogens with one attached hydrogen (secondary N) is 2. The summed E-state index contributed by atoms with van der Waals surface area (Å²) >= 11 is 0. The maximum Gasteiger partial charge on any atom is 0.227 e. The Bertz CT molecular complexity index is 852. The standard InChI is InChI=1S/C22H28N4O2.HI/c1-16-11-18(13-20(12-16)28-3)15-25-22(23-2)24-14-17-6-8-19(9-7-17)26-10-4-5-21(26)27;/h6-9,11-13H,4-5,10,14-15H2,1-3H3,(H2,23,24,25);1H. The highest BCUT2D eigenvalue weighted by molar-refractivity contribution is 14.0. The van der Waals surface area contributed by atoms with Crippen LogP contribution >= 0.6 is 24.0 Å². The van der Waals surface area contributed by atoms with Crippen molar-refractivity contribution in [1.82, 2.24) is 10.6 Å². The molecule has 0 bridgehead atoms. The van der Waals surface area contributed by atoms with Crippen molar-refractivity contribution in [2.75, 3.05) is 25.6 Å². The fourth-order valence-corrected chi connectivity index (χ4v) is 3.35. The molecule has 1 amide bonds. The molecule has 0 saturated carbocycles. The normalized spacial score (nSPS) is 13.8. The van der Waals surface area contributed by atoms with Gasteiger partial charge in [-0.15, -0.1) is 24.0 Å². The Labute approximate surface area is 189 Å². The van der Waals surface area contributed by atoms with E-state index < -0.39 is 0 Å². The Morgan fingerprint density at radius 1 is 1.10 bits per heavy atom. The van der Waals surface area contributed by atoms with E-state index in [1.54, 1.807) is 14.2 Å². The number of aryl methyl sites for hydroxylation is 1. The highest BCUT2D eigenvalue weighted by Crippen LogP contribution is 2.21. The van der Waals surface area contributed by atoms with E-state index >= 15 is 0 Å². The monoisotopic (exact) mass is 508 g/mol. The Kier molecular flexibility index (Phi) is 8.75. The minimum atomic E-state index is 0. The zero-order valence-corrected chi connectivity index (χ0v) is 19.5. The zero-order chi connectivity index (χ0) is 19.9. The molecule has 29 heavy (non-hydrogen) atoms. The van der Waals surface area contributed by atoms with E-state index in [1.807, 2.05) is 41.3 Å². The molecule has 1 fully saturated rings. The SMILES string of the molecule is CN=C(NCc1ccc(N2CCCC2=O)cc1)NCc1cc(C)cc(OC)c1.I. The molecule has 6 nitrogen and oxygen atoms in total. The van der Waals surface area contributed by atoms with Gasteiger partial charge in [-0.05, 0) is 54.3 Å². The summed E-state index contributed by atoms with van der Waals surface area (Å²) in [6, 6.07) is 14.3. The number of amides is 1. The number of benzene rings is 2. The van der Waals surface area contributed by atoms with Crippen LogP contribution in [0.25, 0.3) is 0 Å². The van der Waals surface area contributed by atoms with E-state index in [0.29, 0.717) is 19.5 Å². The average molecular weight is 508 g/mol. The van der Waals surface area contributed by atoms with Crippen LogP contribution < -0.4 is 20.3 Å². The molecule has 0 aliphatic carbocycles. The number of hydrogen-bond donors (Lipinski definition) is 2. The number of methoxy groups -OCH3 is 1. The molecule has 1 saturated heterocycles. The lowest BCUT2D eigenvalue weighted by Gasteiger charge is -2.16. The number of anilines is 1. The lowest BCUT2D eigenvalue weighted by molar-refractivity contribution is -0.117. The van der Waals surface area contributed by atoms with Crippen LogP contribution in [0, 0.1) is 6.92 Å². The highest BCUT2D eigenvalue weighted by atomic mass is 127. The smallest absolute Gasteiger partial charge is 0.227 e. The van der Waals surface area contributed by atoms with E-state index in [4.69, 9.17) is 4.74 Å². The first-order valence-corrected chi connectivity index (χ1v) is 9.57. The van der Waals surface area contributed by atoms with Crippen molar-refractivity contribution >= 4 is 41.5 Å². The van der Waals surface area contributed by atoms with Gasteiger partial charge in [0.1, 0.15) is 5.75 Å². The van der Waals surface area contributed by atoms with Gasteiger partial charge in [0.2, 0.25) is 5.91 Å². The second kappa shape index (κ2) is 11.0. The van der Waals surface area contributed by atoms with Crippen molar-refractivity contribution in [3.8, 4) is 5.75 Å². The van der Waals surface area contributed by atoms with E-state index in [0.717, 1.165) is 47.1 Å². The van der Waals surface area contributed by atoms with Gasteiger partial charge < -0.3 is 20.3 Å². The fraction of sp³-hybridized carbons (Fsp3) is 0.364. The van der Waals surface area contributed by atoms with Gasteiger partial charge in [-0.2, -0.15) is 0 Å². The second-order valence-corrected chi connectivity index (χ2v) is 6.95. The molecule has 0 spiro atoms. The summed E-state index contributed by atoms with van der Waals surface area (Å²) in [7, 11) is 3.44. The Balaban J connectivity index is 0.00000300. The first-order valence-electron chi connectivity index (χ1n) is 9.57. The van der Waals surface area contributed by atoms with E-state index in [2.05, 4.69) is 28.6 Å². The molecule has 7 heteroatoms. The highest BCUT2D eigenvalue weighted by Gasteiger charge is 2.21. The number of rotatable bonds is 6. The molecule has 0 atom stereocenters. The summed E-state index contributed by atoms with van der Waals surface area (Å²) in [5.74, 6) is 1.80. The zero-order valence-electron chi connectivity index (χ0n) is 17.2. The van der Waals surface area contributed by atoms with Crippen LogP contribution in [0.1, 0.15) is 29.5 Å². The Hall–Kier alpha value is -2.29. The quantitative estimate of drug-likeness (QED) is 0.356. The summed E-state index contributed by atoms with van der Waals surface area (Å²) in [4.78, 5) is 18.0. The topological polar surface area (TPSA) is 66.0 Å². The molecule has 0 radical (unpaired) electrons. The molecule has 1 aliphatic rings. The predicted molar refractivity (Wildman–Crippen MR) is 128 cm³/mol. The lowest BCUT2D eigenvalue weighted by Crippen LogP contribution is -2.36. The van der Waals surface area contributed by atoms with Gasteiger partial charge in [-0.25, -0.2) is 0 Å². The van der Waals surface area contributed by atoms with Crippen molar-refractivity contribution < 1.29 is 9.53 Å². The molecule has 0 unspecified atom stereocenters. The molecule has 2 aromatic carbocycles. The van der Waals surface area contributed by atoms with Gasteiger partial charge in [-0.3, -0.25) is 9.79 Å². The number of aliphatic imine (C=N–C) groups is 1. The summed E-state index contributed by atoms with van der Waals surface area (Å²) in [6.07, 6.45) is 1.59. The van der Waals surface area contributed by atoms with Gasteiger partial charge in [-0.1, -0.05) is 18.2 Å². The molecular weight excluding hydrogens is 479 g/mol. The van der Waals surface area contributed by atoms with E-state index in [9.17, 15) is 4.79 Å². The van der Waals surface area contributed by atoms with Gasteiger partial charge in [0, 0.05) is 38.8 Å². The van der Waals surface area contributed by atoms with Crippen LogP contribution in [0.4, 0.5) is 5.69 Å². The van der Waals surface area contributed by atoms with Crippen molar-refractivity contribution in [1.29, 1.82) is 0 Å². The third-order valence-electron chi connectivity index (χ3n) is 4.81. The van der Waals surface area contributed by atoms with Crippen LogP contribution in [0.5, 0.6) is 5.75 Å². The van der Waals surface area contributed by atoms with Crippen molar-refractivity contribution in [2.45, 2.75) is 32.9 Å². The molecule has 156 valence electrons. The van der Waals surface area contributed by atoms with Crippen LogP contribution in [0.3, 0.4) is 0 Å².